The fraction of sp³-hybridized carbons (Fsp3) is 0.429. The van der Waals surface area contributed by atoms with Gasteiger partial charge in [-0.1, -0.05) is 6.92 Å². The molecule has 20 heavy (non-hydrogen) atoms. The molecule has 1 aromatic rings. The molecule has 0 aliphatic heterocycles. The maximum absolute atomic E-state index is 12.0. The molecule has 0 aliphatic carbocycles. The summed E-state index contributed by atoms with van der Waals surface area (Å²) in [4.78, 5) is 23.0. The van der Waals surface area contributed by atoms with E-state index in [1.165, 1.54) is 25.3 Å². The summed E-state index contributed by atoms with van der Waals surface area (Å²) in [5.41, 5.74) is 5.86. The van der Waals surface area contributed by atoms with Gasteiger partial charge in [0.15, 0.2) is 0 Å². The Bertz CT molecular complexity index is 488. The highest BCUT2D eigenvalue weighted by Crippen LogP contribution is 2.26. The Morgan fingerprint density at radius 3 is 2.70 bits per heavy atom. The largest absolute Gasteiger partial charge is 0.495 e. The number of carbonyl (C=O) groups excluding carboxylic acids is 1. The van der Waals surface area contributed by atoms with E-state index in [0.29, 0.717) is 24.4 Å². The maximum atomic E-state index is 12.0. The van der Waals surface area contributed by atoms with Crippen LogP contribution in [0.2, 0.25) is 0 Å². The van der Waals surface area contributed by atoms with Gasteiger partial charge in [-0.05, 0) is 37.6 Å². The van der Waals surface area contributed by atoms with E-state index in [1.54, 1.807) is 6.92 Å². The van der Waals surface area contributed by atoms with Gasteiger partial charge in [-0.15, -0.1) is 0 Å². The van der Waals surface area contributed by atoms with Gasteiger partial charge in [0.05, 0.1) is 18.4 Å². The van der Waals surface area contributed by atoms with Crippen molar-refractivity contribution in [2.75, 3.05) is 19.0 Å². The normalized spacial score (nSPS) is 11.8. The number of nitrogens with one attached hydrogen (secondary N) is 1. The van der Waals surface area contributed by atoms with Crippen molar-refractivity contribution in [2.24, 2.45) is 11.7 Å². The molecule has 6 nitrogen and oxygen atoms in total. The lowest BCUT2D eigenvalue weighted by Gasteiger charge is -2.14. The predicted octanol–water partition coefficient (Wildman–Crippen LogP) is 1.71. The molecule has 6 heteroatoms. The minimum atomic E-state index is -1.06. The van der Waals surface area contributed by atoms with Crippen LogP contribution in [0.25, 0.3) is 0 Å². The summed E-state index contributed by atoms with van der Waals surface area (Å²) in [6.07, 6.45) is 1.45. The summed E-state index contributed by atoms with van der Waals surface area (Å²) in [6.45, 7) is 2.34. The first-order chi connectivity index (χ1) is 9.49. The first-order valence-electron chi connectivity index (χ1n) is 6.41. The zero-order valence-corrected chi connectivity index (χ0v) is 11.7. The molecule has 0 saturated carbocycles. The molecule has 110 valence electrons. The number of benzene rings is 1. The van der Waals surface area contributed by atoms with E-state index in [0.717, 1.165) is 6.42 Å². The highest BCUT2D eigenvalue weighted by molar-refractivity contribution is 5.96. The summed E-state index contributed by atoms with van der Waals surface area (Å²) in [5, 5.41) is 11.7. The number of aromatic carboxylic acids is 1. The van der Waals surface area contributed by atoms with E-state index in [2.05, 4.69) is 5.32 Å². The lowest BCUT2D eigenvalue weighted by atomic mass is 10.0. The minimum Gasteiger partial charge on any atom is -0.495 e. The highest BCUT2D eigenvalue weighted by atomic mass is 16.5. The Morgan fingerprint density at radius 1 is 1.45 bits per heavy atom. The first-order valence-corrected chi connectivity index (χ1v) is 6.41. The summed E-state index contributed by atoms with van der Waals surface area (Å²) in [7, 11) is 1.46. The van der Waals surface area contributed by atoms with Crippen LogP contribution in [0.3, 0.4) is 0 Å². The molecule has 0 heterocycles. The standard InChI is InChI=1S/C14H20N2O4/c1-9(4-3-7-15)13(17)16-11-8-10(14(18)19)5-6-12(11)20-2/h5-6,8-9H,3-4,7,15H2,1-2H3,(H,16,17)(H,18,19). The first kappa shape index (κ1) is 16.0. The van der Waals surface area contributed by atoms with Crippen molar-refractivity contribution in [2.45, 2.75) is 19.8 Å². The number of hydrogen-bond acceptors (Lipinski definition) is 4. The number of carboxylic acids is 1. The maximum Gasteiger partial charge on any atom is 0.335 e. The van der Waals surface area contributed by atoms with Crippen LogP contribution in [0.4, 0.5) is 5.69 Å². The molecule has 1 rings (SSSR count). The molecule has 1 aromatic carbocycles. The molecular formula is C14H20N2O4. The molecule has 0 saturated heterocycles. The average molecular weight is 280 g/mol. The monoisotopic (exact) mass is 280 g/mol. The average Bonchev–Trinajstić information content (AvgIpc) is 2.44. The van der Waals surface area contributed by atoms with Crippen LogP contribution in [0.5, 0.6) is 5.75 Å². The summed E-state index contributed by atoms with van der Waals surface area (Å²) >= 11 is 0. The van der Waals surface area contributed by atoms with Gasteiger partial charge in [-0.3, -0.25) is 4.79 Å². The lowest BCUT2D eigenvalue weighted by molar-refractivity contribution is -0.119. The third-order valence-electron chi connectivity index (χ3n) is 2.99. The van der Waals surface area contributed by atoms with Crippen molar-refractivity contribution >= 4 is 17.6 Å². The number of amides is 1. The summed E-state index contributed by atoms with van der Waals surface area (Å²) < 4.78 is 5.11. The highest BCUT2D eigenvalue weighted by Gasteiger charge is 2.16. The van der Waals surface area contributed by atoms with Gasteiger partial charge in [0.2, 0.25) is 5.91 Å². The molecule has 0 aromatic heterocycles. The van der Waals surface area contributed by atoms with Crippen molar-refractivity contribution in [3.05, 3.63) is 23.8 Å². The van der Waals surface area contributed by atoms with Crippen LogP contribution < -0.4 is 15.8 Å². The quantitative estimate of drug-likeness (QED) is 0.705. The van der Waals surface area contributed by atoms with Gasteiger partial charge >= 0.3 is 5.97 Å². The van der Waals surface area contributed by atoms with Crippen LogP contribution in [0, 0.1) is 5.92 Å². The molecule has 1 amide bonds. The van der Waals surface area contributed by atoms with Gasteiger partial charge in [-0.25, -0.2) is 4.79 Å². The molecular weight excluding hydrogens is 260 g/mol. The van der Waals surface area contributed by atoms with E-state index < -0.39 is 5.97 Å². The zero-order chi connectivity index (χ0) is 15.1. The van der Waals surface area contributed by atoms with Crippen LogP contribution >= 0.6 is 0 Å². The number of rotatable bonds is 7. The fourth-order valence-electron chi connectivity index (χ4n) is 1.75. The van der Waals surface area contributed by atoms with E-state index in [9.17, 15) is 9.59 Å². The molecule has 4 N–H and O–H groups in total. The van der Waals surface area contributed by atoms with Crippen molar-refractivity contribution in [3.8, 4) is 5.75 Å². The Morgan fingerprint density at radius 2 is 2.15 bits per heavy atom. The number of ether oxygens (including phenoxy) is 1. The van der Waals surface area contributed by atoms with E-state index in [-0.39, 0.29) is 17.4 Å². The number of anilines is 1. The van der Waals surface area contributed by atoms with Crippen LogP contribution in [-0.4, -0.2) is 30.6 Å². The number of carboxylic acid groups (broad SMARTS) is 1. The second-order valence-electron chi connectivity index (χ2n) is 4.54. The summed E-state index contributed by atoms with van der Waals surface area (Å²) in [5.74, 6) is -1.01. The lowest BCUT2D eigenvalue weighted by Crippen LogP contribution is -2.21. The second kappa shape index (κ2) is 7.49. The Balaban J connectivity index is 2.86. The van der Waals surface area contributed by atoms with Gasteiger partial charge in [0.25, 0.3) is 0 Å². The predicted molar refractivity (Wildman–Crippen MR) is 76.0 cm³/mol. The molecule has 1 unspecified atom stereocenters. The van der Waals surface area contributed by atoms with Crippen LogP contribution in [0.1, 0.15) is 30.1 Å². The molecule has 0 spiro atoms. The van der Waals surface area contributed by atoms with Gasteiger partial charge in [0.1, 0.15) is 5.75 Å². The van der Waals surface area contributed by atoms with Crippen molar-refractivity contribution < 1.29 is 19.4 Å². The molecule has 0 aliphatic rings. The SMILES string of the molecule is COc1ccc(C(=O)O)cc1NC(=O)C(C)CCCN. The second-order valence-corrected chi connectivity index (χ2v) is 4.54. The number of carbonyl (C=O) groups is 2. The van der Waals surface area contributed by atoms with E-state index in [1.807, 2.05) is 0 Å². The zero-order valence-electron chi connectivity index (χ0n) is 11.7. The smallest absolute Gasteiger partial charge is 0.335 e. The number of nitrogens with two attached hydrogens (primary N) is 1. The third-order valence-corrected chi connectivity index (χ3v) is 2.99. The van der Waals surface area contributed by atoms with Crippen molar-refractivity contribution in [1.29, 1.82) is 0 Å². The topological polar surface area (TPSA) is 102 Å². The van der Waals surface area contributed by atoms with E-state index in [4.69, 9.17) is 15.6 Å². The Kier molecular flexibility index (Phi) is 5.99. The van der Waals surface area contributed by atoms with Crippen molar-refractivity contribution in [3.63, 3.8) is 0 Å². The van der Waals surface area contributed by atoms with Gasteiger partial charge in [-0.2, -0.15) is 0 Å². The van der Waals surface area contributed by atoms with Gasteiger partial charge < -0.3 is 20.9 Å². The molecule has 0 radical (unpaired) electrons. The third kappa shape index (κ3) is 4.24. The van der Waals surface area contributed by atoms with E-state index >= 15 is 0 Å². The van der Waals surface area contributed by atoms with Crippen molar-refractivity contribution in [1.82, 2.24) is 0 Å². The minimum absolute atomic E-state index is 0.0933. The molecule has 0 fully saturated rings. The summed E-state index contributed by atoms with van der Waals surface area (Å²) in [6, 6.07) is 4.33. The Hall–Kier alpha value is -2.08. The van der Waals surface area contributed by atoms with Crippen LogP contribution in [0.15, 0.2) is 18.2 Å². The number of hydrogen-bond donors (Lipinski definition) is 3. The van der Waals surface area contributed by atoms with Gasteiger partial charge in [0, 0.05) is 5.92 Å². The number of methoxy groups -OCH3 is 1. The Labute approximate surface area is 117 Å². The molecule has 0 bridgehead atoms. The van der Waals surface area contributed by atoms with Crippen LogP contribution in [-0.2, 0) is 4.79 Å². The fourth-order valence-corrected chi connectivity index (χ4v) is 1.75. The molecule has 1 atom stereocenters.